The number of carbonyl (C=O) groups excluding carboxylic acids is 1. The van der Waals surface area contributed by atoms with Gasteiger partial charge < -0.3 is 15.0 Å². The number of hydrogen-bond donors (Lipinski definition) is 2. The Morgan fingerprint density at radius 3 is 3.05 bits per heavy atom. The Morgan fingerprint density at radius 2 is 2.35 bits per heavy atom. The van der Waals surface area contributed by atoms with Crippen LogP contribution in [0.25, 0.3) is 6.08 Å². The molecule has 20 heavy (non-hydrogen) atoms. The lowest BCUT2D eigenvalue weighted by molar-refractivity contribution is -0.131. The quantitative estimate of drug-likeness (QED) is 0.789. The minimum atomic E-state index is -1.04. The van der Waals surface area contributed by atoms with E-state index < -0.39 is 5.97 Å². The Balaban J connectivity index is 1.92. The van der Waals surface area contributed by atoms with Gasteiger partial charge in [-0.05, 0) is 23.1 Å². The number of carbonyl (C=O) groups is 2. The number of thiophene rings is 1. The van der Waals surface area contributed by atoms with E-state index in [2.05, 4.69) is 10.3 Å². The van der Waals surface area contributed by atoms with E-state index >= 15 is 0 Å². The molecule has 0 bridgehead atoms. The Kier molecular flexibility index (Phi) is 4.67. The van der Waals surface area contributed by atoms with Crippen LogP contribution >= 0.6 is 11.3 Å². The lowest BCUT2D eigenvalue weighted by atomic mass is 10.2. The minimum absolute atomic E-state index is 0.204. The van der Waals surface area contributed by atoms with E-state index in [9.17, 15) is 9.59 Å². The molecule has 0 radical (unpaired) electrons. The summed E-state index contributed by atoms with van der Waals surface area (Å²) in [7, 11) is 0. The molecule has 7 heteroatoms. The van der Waals surface area contributed by atoms with Crippen molar-refractivity contribution in [2.75, 3.05) is 6.54 Å². The number of hydrogen-bond acceptors (Lipinski definition) is 4. The summed E-state index contributed by atoms with van der Waals surface area (Å²) in [6, 6.07) is 1.72. The standard InChI is InChI=1S/C13H13N3O3S/c17-11(18)2-1-10-3-8-20-12(10)13(19)15-5-7-16-6-4-14-9-16/h1-4,6,8-9H,5,7H2,(H,15,19)(H,17,18). The third-order valence-corrected chi connectivity index (χ3v) is 3.45. The van der Waals surface area contributed by atoms with Crippen molar-refractivity contribution in [3.8, 4) is 0 Å². The molecule has 0 spiro atoms. The van der Waals surface area contributed by atoms with Gasteiger partial charge in [0.1, 0.15) is 0 Å². The molecule has 1 amide bonds. The Hall–Kier alpha value is -2.41. The first-order valence-electron chi connectivity index (χ1n) is 5.89. The largest absolute Gasteiger partial charge is 0.478 e. The summed E-state index contributed by atoms with van der Waals surface area (Å²) < 4.78 is 1.86. The van der Waals surface area contributed by atoms with Crippen molar-refractivity contribution in [2.45, 2.75) is 6.54 Å². The summed E-state index contributed by atoms with van der Waals surface area (Å²) in [5, 5.41) is 13.1. The summed E-state index contributed by atoms with van der Waals surface area (Å²) in [4.78, 5) is 26.9. The number of imidazole rings is 1. The molecule has 2 aromatic heterocycles. The highest BCUT2D eigenvalue weighted by Crippen LogP contribution is 2.18. The maximum atomic E-state index is 12.0. The predicted octanol–water partition coefficient (Wildman–Crippen LogP) is 1.47. The SMILES string of the molecule is O=C(O)C=Cc1ccsc1C(=O)NCCn1ccnc1. The zero-order valence-corrected chi connectivity index (χ0v) is 11.3. The van der Waals surface area contributed by atoms with Crippen LogP contribution in [-0.4, -0.2) is 33.1 Å². The van der Waals surface area contributed by atoms with E-state index in [-0.39, 0.29) is 5.91 Å². The van der Waals surface area contributed by atoms with Crippen molar-refractivity contribution in [2.24, 2.45) is 0 Å². The second-order valence-electron chi connectivity index (χ2n) is 3.93. The number of carboxylic acids is 1. The molecule has 104 valence electrons. The average molecular weight is 291 g/mol. The maximum absolute atomic E-state index is 12.0. The van der Waals surface area contributed by atoms with Gasteiger partial charge in [-0.1, -0.05) is 0 Å². The van der Waals surface area contributed by atoms with Crippen LogP contribution in [0.4, 0.5) is 0 Å². The molecule has 6 nitrogen and oxygen atoms in total. The van der Waals surface area contributed by atoms with Crippen LogP contribution in [0.2, 0.25) is 0 Å². The van der Waals surface area contributed by atoms with Gasteiger partial charge in [-0.2, -0.15) is 0 Å². The number of aromatic nitrogens is 2. The topological polar surface area (TPSA) is 84.2 Å². The molecular formula is C13H13N3O3S. The fourth-order valence-corrected chi connectivity index (χ4v) is 2.40. The first kappa shape index (κ1) is 14.0. The van der Waals surface area contributed by atoms with Crippen molar-refractivity contribution < 1.29 is 14.7 Å². The molecule has 0 aliphatic heterocycles. The first-order valence-corrected chi connectivity index (χ1v) is 6.77. The number of nitrogens with zero attached hydrogens (tertiary/aromatic N) is 2. The summed E-state index contributed by atoms with van der Waals surface area (Å²) in [5.74, 6) is -1.24. The van der Waals surface area contributed by atoms with Crippen LogP contribution in [0.5, 0.6) is 0 Å². The fourth-order valence-electron chi connectivity index (χ4n) is 1.59. The van der Waals surface area contributed by atoms with Gasteiger partial charge >= 0.3 is 5.97 Å². The molecule has 0 saturated carbocycles. The Bertz CT molecular complexity index is 617. The minimum Gasteiger partial charge on any atom is -0.478 e. The molecular weight excluding hydrogens is 278 g/mol. The summed E-state index contributed by atoms with van der Waals surface area (Å²) in [5.41, 5.74) is 0.609. The lowest BCUT2D eigenvalue weighted by Gasteiger charge is -2.05. The molecule has 0 aliphatic rings. The molecule has 2 aromatic rings. The molecule has 0 aliphatic carbocycles. The fraction of sp³-hybridized carbons (Fsp3) is 0.154. The van der Waals surface area contributed by atoms with Crippen molar-refractivity contribution in [1.29, 1.82) is 0 Å². The summed E-state index contributed by atoms with van der Waals surface area (Å²) in [6.07, 6.45) is 7.61. The maximum Gasteiger partial charge on any atom is 0.328 e. The van der Waals surface area contributed by atoms with Crippen molar-refractivity contribution in [1.82, 2.24) is 14.9 Å². The molecule has 0 saturated heterocycles. The zero-order chi connectivity index (χ0) is 14.4. The highest BCUT2D eigenvalue weighted by atomic mass is 32.1. The van der Waals surface area contributed by atoms with Gasteiger partial charge in [0.25, 0.3) is 5.91 Å². The van der Waals surface area contributed by atoms with Crippen molar-refractivity contribution >= 4 is 29.3 Å². The van der Waals surface area contributed by atoms with Crippen molar-refractivity contribution in [3.05, 3.63) is 46.7 Å². The zero-order valence-electron chi connectivity index (χ0n) is 10.5. The summed E-state index contributed by atoms with van der Waals surface area (Å²) >= 11 is 1.28. The second-order valence-corrected chi connectivity index (χ2v) is 4.85. The van der Waals surface area contributed by atoms with Crippen LogP contribution in [-0.2, 0) is 11.3 Å². The van der Waals surface area contributed by atoms with Gasteiger partial charge in [0, 0.05) is 31.6 Å². The van der Waals surface area contributed by atoms with Crippen LogP contribution in [0.1, 0.15) is 15.2 Å². The average Bonchev–Trinajstić information content (AvgIpc) is 3.07. The Labute approximate surface area is 119 Å². The molecule has 0 fully saturated rings. The van der Waals surface area contributed by atoms with Crippen LogP contribution in [0.3, 0.4) is 0 Å². The van der Waals surface area contributed by atoms with Crippen LogP contribution < -0.4 is 5.32 Å². The Morgan fingerprint density at radius 1 is 1.50 bits per heavy atom. The molecule has 2 N–H and O–H groups in total. The third-order valence-electron chi connectivity index (χ3n) is 2.52. The van der Waals surface area contributed by atoms with Gasteiger partial charge in [-0.25, -0.2) is 9.78 Å². The monoisotopic (exact) mass is 291 g/mol. The number of aliphatic carboxylic acids is 1. The number of amides is 1. The summed E-state index contributed by atoms with van der Waals surface area (Å²) in [6.45, 7) is 1.12. The van der Waals surface area contributed by atoms with E-state index in [0.29, 0.717) is 23.5 Å². The molecule has 2 heterocycles. The van der Waals surface area contributed by atoms with Crippen molar-refractivity contribution in [3.63, 3.8) is 0 Å². The van der Waals surface area contributed by atoms with E-state index in [4.69, 9.17) is 5.11 Å². The van der Waals surface area contributed by atoms with E-state index in [1.54, 1.807) is 24.0 Å². The number of nitrogens with one attached hydrogen (secondary N) is 1. The lowest BCUT2D eigenvalue weighted by Crippen LogP contribution is -2.26. The normalized spacial score (nSPS) is 10.8. The second kappa shape index (κ2) is 6.67. The van der Waals surface area contributed by atoms with Gasteiger partial charge in [0.2, 0.25) is 0 Å². The molecule has 0 unspecified atom stereocenters. The van der Waals surface area contributed by atoms with Crippen LogP contribution in [0, 0.1) is 0 Å². The highest BCUT2D eigenvalue weighted by molar-refractivity contribution is 7.12. The van der Waals surface area contributed by atoms with E-state index in [1.807, 2.05) is 10.8 Å². The van der Waals surface area contributed by atoms with Gasteiger partial charge in [0.05, 0.1) is 11.2 Å². The number of carboxylic acid groups (broad SMARTS) is 1. The highest BCUT2D eigenvalue weighted by Gasteiger charge is 2.11. The van der Waals surface area contributed by atoms with Gasteiger partial charge in [0.15, 0.2) is 0 Å². The smallest absolute Gasteiger partial charge is 0.328 e. The van der Waals surface area contributed by atoms with Crippen LogP contribution in [0.15, 0.2) is 36.2 Å². The third kappa shape index (κ3) is 3.79. The molecule has 0 aromatic carbocycles. The van der Waals surface area contributed by atoms with E-state index in [0.717, 1.165) is 6.08 Å². The number of rotatable bonds is 6. The first-order chi connectivity index (χ1) is 9.66. The molecule has 2 rings (SSSR count). The van der Waals surface area contributed by atoms with Gasteiger partial charge in [-0.3, -0.25) is 4.79 Å². The predicted molar refractivity (Wildman–Crippen MR) is 75.5 cm³/mol. The van der Waals surface area contributed by atoms with Gasteiger partial charge in [-0.15, -0.1) is 11.3 Å². The van der Waals surface area contributed by atoms with E-state index in [1.165, 1.54) is 17.4 Å². The molecule has 0 atom stereocenters.